The van der Waals surface area contributed by atoms with Crippen molar-refractivity contribution in [2.45, 2.75) is 56.3 Å². The van der Waals surface area contributed by atoms with Gasteiger partial charge in [-0.1, -0.05) is 0 Å². The number of carboxylic acid groups (broad SMARTS) is 2. The zero-order valence-electron chi connectivity index (χ0n) is 18.9. The number of hydrogen-bond acceptors (Lipinski definition) is 9. The van der Waals surface area contributed by atoms with Gasteiger partial charge in [-0.2, -0.15) is 0 Å². The van der Waals surface area contributed by atoms with Gasteiger partial charge in [0.15, 0.2) is 0 Å². The topological polar surface area (TPSA) is 303 Å². The van der Waals surface area contributed by atoms with Gasteiger partial charge < -0.3 is 48.3 Å². The van der Waals surface area contributed by atoms with Crippen molar-refractivity contribution in [2.75, 3.05) is 0 Å². The number of aliphatic carboxylic acids is 2. The monoisotopic (exact) mass is 512 g/mol. The van der Waals surface area contributed by atoms with Gasteiger partial charge >= 0.3 is 11.9 Å². The highest BCUT2D eigenvalue weighted by Crippen LogP contribution is 2.05. The number of imidazole rings is 1. The number of carbonyl (C=O) groups is 7. The van der Waals surface area contributed by atoms with E-state index in [-0.39, 0.29) is 19.3 Å². The van der Waals surface area contributed by atoms with Crippen LogP contribution in [0.3, 0.4) is 0 Å². The number of aromatic nitrogens is 2. The molecule has 5 amide bonds. The highest BCUT2D eigenvalue weighted by Gasteiger charge is 2.31. The van der Waals surface area contributed by atoms with Gasteiger partial charge in [0.2, 0.25) is 29.5 Å². The number of nitrogens with two attached hydrogens (primary N) is 3. The van der Waals surface area contributed by atoms with Gasteiger partial charge in [0.05, 0.1) is 25.2 Å². The molecule has 0 spiro atoms. The molecule has 4 unspecified atom stereocenters. The van der Waals surface area contributed by atoms with Gasteiger partial charge in [0.25, 0.3) is 0 Å². The van der Waals surface area contributed by atoms with Crippen molar-refractivity contribution in [1.29, 1.82) is 0 Å². The van der Waals surface area contributed by atoms with Crippen LogP contribution in [-0.2, 0) is 40.0 Å². The quantitative estimate of drug-likeness (QED) is 0.101. The summed E-state index contributed by atoms with van der Waals surface area (Å²) in [4.78, 5) is 89.0. The number of rotatable bonds is 16. The van der Waals surface area contributed by atoms with Crippen LogP contribution >= 0.6 is 0 Å². The Bertz CT molecular complexity index is 982. The predicted molar refractivity (Wildman–Crippen MR) is 118 cm³/mol. The van der Waals surface area contributed by atoms with E-state index in [0.717, 1.165) is 0 Å². The smallest absolute Gasteiger partial charge is 0.326 e. The lowest BCUT2D eigenvalue weighted by molar-refractivity contribution is -0.143. The van der Waals surface area contributed by atoms with E-state index >= 15 is 0 Å². The van der Waals surface area contributed by atoms with Gasteiger partial charge in [-0.05, 0) is 6.42 Å². The molecule has 4 atom stereocenters. The van der Waals surface area contributed by atoms with E-state index < -0.39 is 78.5 Å². The highest BCUT2D eigenvalue weighted by molar-refractivity contribution is 5.95. The fourth-order valence-electron chi connectivity index (χ4n) is 2.89. The van der Waals surface area contributed by atoms with Crippen LogP contribution in [0.4, 0.5) is 0 Å². The van der Waals surface area contributed by atoms with Crippen LogP contribution in [0.5, 0.6) is 0 Å². The summed E-state index contributed by atoms with van der Waals surface area (Å²) in [6, 6.07) is -6.09. The third-order valence-corrected chi connectivity index (χ3v) is 4.68. The number of nitrogens with zero attached hydrogens (tertiary/aromatic N) is 1. The molecule has 12 N–H and O–H groups in total. The average molecular weight is 512 g/mol. The van der Waals surface area contributed by atoms with Gasteiger partial charge in [-0.25, -0.2) is 9.78 Å². The van der Waals surface area contributed by atoms with Crippen molar-refractivity contribution < 1.29 is 43.8 Å². The number of hydrogen-bond donors (Lipinski definition) is 9. The van der Waals surface area contributed by atoms with Crippen LogP contribution in [-0.4, -0.2) is 85.8 Å². The first-order valence-corrected chi connectivity index (χ1v) is 10.4. The zero-order valence-corrected chi connectivity index (χ0v) is 18.9. The molecule has 0 aromatic carbocycles. The Kier molecular flexibility index (Phi) is 11.5. The molecule has 0 aliphatic heterocycles. The summed E-state index contributed by atoms with van der Waals surface area (Å²) in [5.74, 6) is -7.71. The minimum Gasteiger partial charge on any atom is -0.481 e. The molecule has 0 aliphatic rings. The maximum absolute atomic E-state index is 12.9. The van der Waals surface area contributed by atoms with Crippen LogP contribution < -0.4 is 33.2 Å². The first-order chi connectivity index (χ1) is 16.8. The Hall–Kier alpha value is -4.54. The van der Waals surface area contributed by atoms with Crippen LogP contribution in [0.25, 0.3) is 0 Å². The Morgan fingerprint density at radius 3 is 1.94 bits per heavy atom. The fraction of sp³-hybridized carbons (Fsp3) is 0.474. The first-order valence-electron chi connectivity index (χ1n) is 10.4. The standard InChI is InChI=1S/C19H28N8O9/c20-9(4-15(30)31)16(32)25-10(1-2-13(21)28)17(33)26-11(3-8-6-23-7-24-8)18(34)27-12(19(35)36)5-14(22)29/h6-7,9-12H,1-5,20H2,(H2,21,28)(H2,22,29)(H,23,24)(H,25,32)(H,26,33)(H,27,34)(H,30,31)(H,35,36). The number of carboxylic acids is 2. The Morgan fingerprint density at radius 1 is 0.861 bits per heavy atom. The molecule has 1 aromatic heterocycles. The number of primary amides is 2. The molecule has 1 aromatic rings. The van der Waals surface area contributed by atoms with E-state index in [2.05, 4.69) is 25.9 Å². The van der Waals surface area contributed by atoms with E-state index in [0.29, 0.717) is 5.69 Å². The van der Waals surface area contributed by atoms with Gasteiger partial charge in [-0.3, -0.25) is 28.8 Å². The number of amides is 5. The molecule has 1 heterocycles. The maximum Gasteiger partial charge on any atom is 0.326 e. The molecule has 0 radical (unpaired) electrons. The molecule has 17 heteroatoms. The fourth-order valence-corrected chi connectivity index (χ4v) is 2.89. The largest absolute Gasteiger partial charge is 0.481 e. The van der Waals surface area contributed by atoms with E-state index in [1.54, 1.807) is 0 Å². The zero-order chi connectivity index (χ0) is 27.4. The highest BCUT2D eigenvalue weighted by atomic mass is 16.4. The third-order valence-electron chi connectivity index (χ3n) is 4.68. The Labute approximate surface area is 203 Å². The number of aromatic amines is 1. The lowest BCUT2D eigenvalue weighted by atomic mass is 10.1. The lowest BCUT2D eigenvalue weighted by Crippen LogP contribution is -2.58. The molecule has 0 bridgehead atoms. The second-order valence-corrected chi connectivity index (χ2v) is 7.68. The summed E-state index contributed by atoms with van der Waals surface area (Å²) in [5.41, 5.74) is 16.0. The third kappa shape index (κ3) is 10.6. The van der Waals surface area contributed by atoms with Crippen LogP contribution in [0.15, 0.2) is 12.5 Å². The van der Waals surface area contributed by atoms with E-state index in [1.165, 1.54) is 12.5 Å². The van der Waals surface area contributed by atoms with Gasteiger partial charge in [-0.15, -0.1) is 0 Å². The summed E-state index contributed by atoms with van der Waals surface area (Å²) >= 11 is 0. The molecule has 17 nitrogen and oxygen atoms in total. The summed E-state index contributed by atoms with van der Waals surface area (Å²) in [5, 5.41) is 24.7. The maximum atomic E-state index is 12.9. The lowest BCUT2D eigenvalue weighted by Gasteiger charge is -2.24. The van der Waals surface area contributed by atoms with E-state index in [4.69, 9.17) is 22.3 Å². The van der Waals surface area contributed by atoms with E-state index in [1.807, 2.05) is 0 Å². The Balaban J connectivity index is 3.10. The average Bonchev–Trinajstić information content (AvgIpc) is 3.27. The molecular weight excluding hydrogens is 484 g/mol. The van der Waals surface area contributed by atoms with Crippen molar-refractivity contribution >= 4 is 41.5 Å². The minimum absolute atomic E-state index is 0.213. The summed E-state index contributed by atoms with van der Waals surface area (Å²) in [7, 11) is 0. The van der Waals surface area contributed by atoms with Crippen LogP contribution in [0.2, 0.25) is 0 Å². The SMILES string of the molecule is NC(=O)CCC(NC(=O)C(N)CC(=O)O)C(=O)NC(Cc1cnc[nH]1)C(=O)NC(CC(N)=O)C(=O)O. The predicted octanol–water partition coefficient (Wildman–Crippen LogP) is -4.57. The molecule has 198 valence electrons. The van der Waals surface area contributed by atoms with Crippen molar-refractivity contribution in [3.63, 3.8) is 0 Å². The van der Waals surface area contributed by atoms with Crippen LogP contribution in [0.1, 0.15) is 31.4 Å². The first kappa shape index (κ1) is 29.5. The van der Waals surface area contributed by atoms with Crippen LogP contribution in [0, 0.1) is 0 Å². The number of carbonyl (C=O) groups excluding carboxylic acids is 5. The van der Waals surface area contributed by atoms with E-state index in [9.17, 15) is 38.7 Å². The summed E-state index contributed by atoms with van der Waals surface area (Å²) in [6.07, 6.45) is 0.284. The molecule has 0 fully saturated rings. The summed E-state index contributed by atoms with van der Waals surface area (Å²) in [6.45, 7) is 0. The minimum atomic E-state index is -1.68. The molecule has 0 aliphatic carbocycles. The number of H-pyrrole nitrogens is 1. The van der Waals surface area contributed by atoms with Gasteiger partial charge in [0.1, 0.15) is 18.1 Å². The van der Waals surface area contributed by atoms with Crippen molar-refractivity contribution in [1.82, 2.24) is 25.9 Å². The second-order valence-electron chi connectivity index (χ2n) is 7.68. The van der Waals surface area contributed by atoms with Gasteiger partial charge in [0, 0.05) is 24.7 Å². The molecule has 0 saturated heterocycles. The normalized spacial score (nSPS) is 13.9. The second kappa shape index (κ2) is 14.0. The molecule has 0 saturated carbocycles. The van der Waals surface area contributed by atoms with Crippen molar-refractivity contribution in [3.8, 4) is 0 Å². The molecular formula is C19H28N8O9. The molecule has 1 rings (SSSR count). The van der Waals surface area contributed by atoms with Crippen molar-refractivity contribution in [3.05, 3.63) is 18.2 Å². The number of nitrogens with one attached hydrogen (secondary N) is 4. The summed E-state index contributed by atoms with van der Waals surface area (Å²) < 4.78 is 0. The Morgan fingerprint density at radius 2 is 1.44 bits per heavy atom. The van der Waals surface area contributed by atoms with Crippen molar-refractivity contribution in [2.24, 2.45) is 17.2 Å². The molecule has 36 heavy (non-hydrogen) atoms.